The van der Waals surface area contributed by atoms with E-state index >= 15 is 0 Å². The van der Waals surface area contributed by atoms with Crippen LogP contribution in [0.4, 0.5) is 5.00 Å². The van der Waals surface area contributed by atoms with Crippen LogP contribution >= 0.6 is 23.1 Å². The van der Waals surface area contributed by atoms with Gasteiger partial charge in [-0.1, -0.05) is 18.2 Å². The zero-order valence-corrected chi connectivity index (χ0v) is 16.8. The third-order valence-corrected chi connectivity index (χ3v) is 6.40. The van der Waals surface area contributed by atoms with Gasteiger partial charge in [-0.15, -0.1) is 23.1 Å². The number of aromatic nitrogens is 1. The predicted octanol–water partition coefficient (Wildman–Crippen LogP) is 3.38. The van der Waals surface area contributed by atoms with E-state index in [4.69, 9.17) is 4.74 Å². The number of ether oxygens (including phenoxy) is 1. The minimum Gasteiger partial charge on any atom is -0.378 e. The van der Waals surface area contributed by atoms with Gasteiger partial charge in [0.15, 0.2) is 0 Å². The summed E-state index contributed by atoms with van der Waals surface area (Å²) in [5.74, 6) is 0.149. The smallest absolute Gasteiger partial charge is 0.250 e. The predicted molar refractivity (Wildman–Crippen MR) is 116 cm³/mol. The number of rotatable bonds is 6. The first-order valence-electron chi connectivity index (χ1n) is 9.00. The highest BCUT2D eigenvalue weighted by Gasteiger charge is 2.12. The number of nitrogens with one attached hydrogen (secondary N) is 1. The van der Waals surface area contributed by atoms with Crippen LogP contribution in [0.1, 0.15) is 4.88 Å². The van der Waals surface area contributed by atoms with Gasteiger partial charge in [-0.2, -0.15) is 5.10 Å². The molecule has 1 aliphatic rings. The number of carbonyl (C=O) groups excluding carboxylic acids is 1. The number of pyridine rings is 1. The molecule has 3 heterocycles. The Morgan fingerprint density at radius 3 is 3.00 bits per heavy atom. The van der Waals surface area contributed by atoms with E-state index in [1.54, 1.807) is 23.7 Å². The molecule has 2 aromatic heterocycles. The molecular formula is C20H20N4O2S2. The number of thioether (sulfide) groups is 1. The molecule has 144 valence electrons. The standard InChI is InChI=1S/C20H20N4O2S2/c25-18(14-27-17-5-1-3-15-4-2-8-21-20(15)17)23-22-13-16-6-7-19(28-16)24-9-11-26-12-10-24/h1-8,13H,9-12,14H2,(H,23,25)/b22-13-. The van der Waals surface area contributed by atoms with Crippen molar-refractivity contribution < 1.29 is 9.53 Å². The molecule has 0 saturated carbocycles. The second-order valence-electron chi connectivity index (χ2n) is 6.19. The van der Waals surface area contributed by atoms with Gasteiger partial charge in [-0.3, -0.25) is 9.78 Å². The molecule has 1 aliphatic heterocycles. The number of anilines is 1. The number of thiophene rings is 1. The minimum atomic E-state index is -0.140. The summed E-state index contributed by atoms with van der Waals surface area (Å²) in [5, 5.41) is 6.36. The SMILES string of the molecule is O=C(CSc1cccc2cccnc12)N/N=C\c1ccc(N2CCOCC2)s1. The fraction of sp³-hybridized carbons (Fsp3) is 0.250. The van der Waals surface area contributed by atoms with Crippen LogP contribution in [-0.2, 0) is 9.53 Å². The second-order valence-corrected chi connectivity index (χ2v) is 8.30. The summed E-state index contributed by atoms with van der Waals surface area (Å²) in [5.41, 5.74) is 3.52. The first kappa shape index (κ1) is 18.9. The monoisotopic (exact) mass is 412 g/mol. The van der Waals surface area contributed by atoms with Crippen LogP contribution in [0.25, 0.3) is 10.9 Å². The molecule has 0 atom stereocenters. The van der Waals surface area contributed by atoms with Gasteiger partial charge in [0, 0.05) is 34.4 Å². The number of hydrazone groups is 1. The molecule has 0 unspecified atom stereocenters. The molecule has 4 rings (SSSR count). The Hall–Kier alpha value is -2.42. The third-order valence-electron chi connectivity index (χ3n) is 4.27. The lowest BCUT2D eigenvalue weighted by molar-refractivity contribution is -0.118. The minimum absolute atomic E-state index is 0.140. The van der Waals surface area contributed by atoms with E-state index in [1.165, 1.54) is 16.8 Å². The Kier molecular flexibility index (Phi) is 6.20. The Morgan fingerprint density at radius 2 is 2.11 bits per heavy atom. The van der Waals surface area contributed by atoms with Gasteiger partial charge in [-0.05, 0) is 24.3 Å². The van der Waals surface area contributed by atoms with E-state index in [0.717, 1.165) is 47.0 Å². The molecule has 28 heavy (non-hydrogen) atoms. The average molecular weight is 413 g/mol. The molecule has 1 amide bonds. The van der Waals surface area contributed by atoms with Gasteiger partial charge in [0.25, 0.3) is 0 Å². The molecule has 3 aromatic rings. The fourth-order valence-corrected chi connectivity index (χ4v) is 4.67. The van der Waals surface area contributed by atoms with E-state index in [0.29, 0.717) is 0 Å². The molecule has 0 spiro atoms. The van der Waals surface area contributed by atoms with E-state index < -0.39 is 0 Å². The van der Waals surface area contributed by atoms with Gasteiger partial charge < -0.3 is 9.64 Å². The lowest BCUT2D eigenvalue weighted by atomic mass is 10.2. The molecular weight excluding hydrogens is 392 g/mol. The Morgan fingerprint density at radius 1 is 1.25 bits per heavy atom. The Labute approximate surface area is 171 Å². The van der Waals surface area contributed by atoms with Crippen molar-refractivity contribution in [3.8, 4) is 0 Å². The lowest BCUT2D eigenvalue weighted by Crippen LogP contribution is -2.35. The van der Waals surface area contributed by atoms with Crippen LogP contribution in [-0.4, -0.2) is 49.2 Å². The number of amides is 1. The zero-order valence-electron chi connectivity index (χ0n) is 15.2. The van der Waals surface area contributed by atoms with Crippen molar-refractivity contribution in [3.63, 3.8) is 0 Å². The summed E-state index contributed by atoms with van der Waals surface area (Å²) in [6, 6.07) is 14.0. The van der Waals surface area contributed by atoms with Crippen LogP contribution in [0, 0.1) is 0 Å². The van der Waals surface area contributed by atoms with E-state index in [-0.39, 0.29) is 11.7 Å². The zero-order chi connectivity index (χ0) is 19.2. The van der Waals surface area contributed by atoms with E-state index in [1.807, 2.05) is 36.4 Å². The number of fused-ring (bicyclic) bond motifs is 1. The highest BCUT2D eigenvalue weighted by molar-refractivity contribution is 8.00. The molecule has 0 aliphatic carbocycles. The Balaban J connectivity index is 1.29. The summed E-state index contributed by atoms with van der Waals surface area (Å²) < 4.78 is 5.38. The van der Waals surface area contributed by atoms with Crippen LogP contribution in [0.2, 0.25) is 0 Å². The van der Waals surface area contributed by atoms with Crippen molar-refractivity contribution in [2.24, 2.45) is 5.10 Å². The van der Waals surface area contributed by atoms with Crippen molar-refractivity contribution in [2.75, 3.05) is 37.0 Å². The van der Waals surface area contributed by atoms with E-state index in [9.17, 15) is 4.79 Å². The number of morpholine rings is 1. The fourth-order valence-electron chi connectivity index (χ4n) is 2.90. The van der Waals surface area contributed by atoms with Crippen LogP contribution in [0.5, 0.6) is 0 Å². The molecule has 1 saturated heterocycles. The topological polar surface area (TPSA) is 66.8 Å². The molecule has 8 heteroatoms. The summed E-state index contributed by atoms with van der Waals surface area (Å²) >= 11 is 3.12. The number of benzene rings is 1. The summed E-state index contributed by atoms with van der Waals surface area (Å²) in [6.07, 6.45) is 3.46. The summed E-state index contributed by atoms with van der Waals surface area (Å²) in [6.45, 7) is 3.35. The van der Waals surface area contributed by atoms with Gasteiger partial charge >= 0.3 is 0 Å². The molecule has 1 fully saturated rings. The van der Waals surface area contributed by atoms with Crippen molar-refractivity contribution in [1.29, 1.82) is 0 Å². The summed E-state index contributed by atoms with van der Waals surface area (Å²) in [7, 11) is 0. The molecule has 0 bridgehead atoms. The number of nitrogens with zero attached hydrogens (tertiary/aromatic N) is 3. The maximum absolute atomic E-state index is 12.1. The largest absolute Gasteiger partial charge is 0.378 e. The average Bonchev–Trinajstić information content (AvgIpc) is 3.22. The van der Waals surface area contributed by atoms with Crippen LogP contribution < -0.4 is 10.3 Å². The van der Waals surface area contributed by atoms with Gasteiger partial charge in [0.2, 0.25) is 5.91 Å². The number of hydrogen-bond acceptors (Lipinski definition) is 7. The van der Waals surface area contributed by atoms with Crippen LogP contribution in [0.15, 0.2) is 58.7 Å². The molecule has 0 radical (unpaired) electrons. The van der Waals surface area contributed by atoms with Gasteiger partial charge in [0.05, 0.1) is 35.7 Å². The maximum atomic E-state index is 12.1. The number of para-hydroxylation sites is 1. The highest BCUT2D eigenvalue weighted by Crippen LogP contribution is 2.26. The Bertz CT molecular complexity index is 978. The number of hydrogen-bond donors (Lipinski definition) is 1. The van der Waals surface area contributed by atoms with E-state index in [2.05, 4.69) is 26.5 Å². The second kappa shape index (κ2) is 9.18. The number of carbonyl (C=O) groups is 1. The molecule has 1 N–H and O–H groups in total. The quantitative estimate of drug-likeness (QED) is 0.382. The summed E-state index contributed by atoms with van der Waals surface area (Å²) in [4.78, 5) is 20.8. The van der Waals surface area contributed by atoms with Crippen molar-refractivity contribution in [2.45, 2.75) is 4.90 Å². The molecule has 1 aromatic carbocycles. The highest BCUT2D eigenvalue weighted by atomic mass is 32.2. The molecule has 6 nitrogen and oxygen atoms in total. The van der Waals surface area contributed by atoms with Gasteiger partial charge in [0.1, 0.15) is 0 Å². The van der Waals surface area contributed by atoms with Crippen molar-refractivity contribution in [1.82, 2.24) is 10.4 Å². The lowest BCUT2D eigenvalue weighted by Gasteiger charge is -2.27. The third kappa shape index (κ3) is 4.70. The van der Waals surface area contributed by atoms with Crippen molar-refractivity contribution in [3.05, 3.63) is 53.5 Å². The van der Waals surface area contributed by atoms with Gasteiger partial charge in [-0.25, -0.2) is 5.43 Å². The normalized spacial score (nSPS) is 14.6. The maximum Gasteiger partial charge on any atom is 0.250 e. The first-order valence-corrected chi connectivity index (χ1v) is 10.8. The first-order chi connectivity index (χ1) is 13.8. The van der Waals surface area contributed by atoms with Crippen LogP contribution in [0.3, 0.4) is 0 Å². The van der Waals surface area contributed by atoms with Crippen molar-refractivity contribution >= 4 is 51.1 Å².